The highest BCUT2D eigenvalue weighted by atomic mass is 16.6. The fourth-order valence-corrected chi connectivity index (χ4v) is 2.56. The Morgan fingerprint density at radius 2 is 2.29 bits per heavy atom. The Hall–Kier alpha value is -2.54. The summed E-state index contributed by atoms with van der Waals surface area (Å²) in [6, 6.07) is 4.99. The maximum Gasteiger partial charge on any atom is 0.345 e. The third-order valence-corrected chi connectivity index (χ3v) is 3.42. The number of carboxylic acids is 1. The summed E-state index contributed by atoms with van der Waals surface area (Å²) in [6.45, 7) is 1.00. The molecule has 0 fully saturated rings. The first-order chi connectivity index (χ1) is 10.1. The van der Waals surface area contributed by atoms with Gasteiger partial charge in [-0.05, 0) is 24.6 Å². The molecule has 7 heteroatoms. The van der Waals surface area contributed by atoms with Crippen molar-refractivity contribution >= 4 is 22.6 Å². The molecule has 7 nitrogen and oxygen atoms in total. The number of hydrogen-bond acceptors (Lipinski definition) is 5. The molecule has 0 saturated carbocycles. The molecule has 0 radical (unpaired) electrons. The largest absolute Gasteiger partial charge is 0.478 e. The summed E-state index contributed by atoms with van der Waals surface area (Å²) in [7, 11) is 1.49. The van der Waals surface area contributed by atoms with E-state index in [1.165, 1.54) is 7.11 Å². The summed E-state index contributed by atoms with van der Waals surface area (Å²) < 4.78 is 7.16. The number of fused-ring (bicyclic) bond motifs is 3. The van der Waals surface area contributed by atoms with Gasteiger partial charge in [0.25, 0.3) is 0 Å². The molecule has 1 aromatic heterocycles. The lowest BCUT2D eigenvalue weighted by atomic mass is 10.1. The van der Waals surface area contributed by atoms with Crippen molar-refractivity contribution in [2.45, 2.75) is 13.0 Å². The molecule has 3 rings (SSSR count). The quantitative estimate of drug-likeness (QED) is 0.832. The van der Waals surface area contributed by atoms with E-state index < -0.39 is 11.4 Å². The van der Waals surface area contributed by atoms with Crippen LogP contribution in [0.4, 0.5) is 5.69 Å². The first kappa shape index (κ1) is 13.4. The molecule has 1 aromatic carbocycles. The molecule has 1 aliphatic rings. The molecule has 0 aliphatic carbocycles. The molecular formula is C14H14N2O5. The van der Waals surface area contributed by atoms with Crippen LogP contribution < -0.4 is 15.6 Å². The molecular weight excluding hydrogens is 276 g/mol. The summed E-state index contributed by atoms with van der Waals surface area (Å²) in [5, 5.41) is 9.64. The molecule has 2 N–H and O–H groups in total. The van der Waals surface area contributed by atoms with Crippen LogP contribution >= 0.6 is 0 Å². The second-order valence-corrected chi connectivity index (χ2v) is 4.71. The summed E-state index contributed by atoms with van der Waals surface area (Å²) in [4.78, 5) is 28.6. The molecule has 2 aromatic rings. The number of nitrogens with one attached hydrogen (secondary N) is 1. The van der Waals surface area contributed by atoms with Crippen molar-refractivity contribution in [1.82, 2.24) is 4.57 Å². The highest BCUT2D eigenvalue weighted by Crippen LogP contribution is 2.28. The lowest BCUT2D eigenvalue weighted by molar-refractivity contribution is 0.0686. The predicted octanol–water partition coefficient (Wildman–Crippen LogP) is 1.46. The van der Waals surface area contributed by atoms with Gasteiger partial charge in [-0.25, -0.2) is 4.79 Å². The highest BCUT2D eigenvalue weighted by molar-refractivity contribution is 5.96. The topological polar surface area (TPSA) is 89.8 Å². The van der Waals surface area contributed by atoms with Crippen molar-refractivity contribution in [2.75, 3.05) is 19.2 Å². The van der Waals surface area contributed by atoms with E-state index in [1.54, 1.807) is 22.8 Å². The van der Waals surface area contributed by atoms with E-state index in [0.29, 0.717) is 29.7 Å². The van der Waals surface area contributed by atoms with E-state index in [2.05, 4.69) is 5.48 Å². The SMILES string of the molecule is CONc1ccc2c(=O)c(C(=O)O)c3n(c2c1)CCCO3. The number of carbonyl (C=O) groups is 1. The molecule has 0 unspecified atom stereocenters. The maximum absolute atomic E-state index is 12.4. The van der Waals surface area contributed by atoms with E-state index in [9.17, 15) is 14.7 Å². The predicted molar refractivity (Wildman–Crippen MR) is 75.9 cm³/mol. The third kappa shape index (κ3) is 2.11. The van der Waals surface area contributed by atoms with Gasteiger partial charge in [0.05, 0.1) is 24.9 Å². The van der Waals surface area contributed by atoms with Gasteiger partial charge in [0.15, 0.2) is 5.56 Å². The van der Waals surface area contributed by atoms with Crippen molar-refractivity contribution in [3.05, 3.63) is 34.0 Å². The summed E-state index contributed by atoms with van der Waals surface area (Å²) in [5.74, 6) is -1.15. The van der Waals surface area contributed by atoms with Gasteiger partial charge >= 0.3 is 5.97 Å². The minimum absolute atomic E-state index is 0.126. The zero-order chi connectivity index (χ0) is 15.0. The second-order valence-electron chi connectivity index (χ2n) is 4.71. The minimum Gasteiger partial charge on any atom is -0.478 e. The fraction of sp³-hybridized carbons (Fsp3) is 0.286. The number of anilines is 1. The number of pyridine rings is 1. The molecule has 21 heavy (non-hydrogen) atoms. The van der Waals surface area contributed by atoms with Crippen LogP contribution in [-0.2, 0) is 11.4 Å². The van der Waals surface area contributed by atoms with E-state index in [4.69, 9.17) is 9.57 Å². The molecule has 1 aliphatic heterocycles. The maximum atomic E-state index is 12.4. The van der Waals surface area contributed by atoms with E-state index in [-0.39, 0.29) is 11.4 Å². The summed E-state index contributed by atoms with van der Waals surface area (Å²) >= 11 is 0. The van der Waals surface area contributed by atoms with Gasteiger partial charge < -0.3 is 14.4 Å². The van der Waals surface area contributed by atoms with Gasteiger partial charge in [-0.15, -0.1) is 0 Å². The smallest absolute Gasteiger partial charge is 0.345 e. The zero-order valence-corrected chi connectivity index (χ0v) is 11.4. The lowest BCUT2D eigenvalue weighted by Gasteiger charge is -2.23. The normalized spacial score (nSPS) is 13.6. The van der Waals surface area contributed by atoms with Crippen LogP contribution in [0.5, 0.6) is 5.88 Å². The Bertz CT molecular complexity index is 781. The number of rotatable bonds is 3. The van der Waals surface area contributed by atoms with E-state index in [1.807, 2.05) is 0 Å². The van der Waals surface area contributed by atoms with Crippen molar-refractivity contribution in [3.8, 4) is 5.88 Å². The summed E-state index contributed by atoms with van der Waals surface area (Å²) in [5.41, 5.74) is 3.15. The van der Waals surface area contributed by atoms with Crippen LogP contribution in [-0.4, -0.2) is 29.4 Å². The first-order valence-electron chi connectivity index (χ1n) is 6.49. The zero-order valence-electron chi connectivity index (χ0n) is 11.4. The lowest BCUT2D eigenvalue weighted by Crippen LogP contribution is -2.26. The molecule has 2 heterocycles. The number of carboxylic acid groups (broad SMARTS) is 1. The van der Waals surface area contributed by atoms with Crippen LogP contribution in [0.25, 0.3) is 10.9 Å². The van der Waals surface area contributed by atoms with Crippen molar-refractivity contribution in [2.24, 2.45) is 0 Å². The van der Waals surface area contributed by atoms with E-state index >= 15 is 0 Å². The van der Waals surface area contributed by atoms with Crippen LogP contribution in [0.3, 0.4) is 0 Å². The van der Waals surface area contributed by atoms with Gasteiger partial charge in [-0.1, -0.05) is 0 Å². The fourth-order valence-electron chi connectivity index (χ4n) is 2.56. The molecule has 0 spiro atoms. The van der Waals surface area contributed by atoms with Gasteiger partial charge in [0.2, 0.25) is 11.3 Å². The molecule has 0 amide bonds. The summed E-state index contributed by atoms with van der Waals surface area (Å²) in [6.07, 6.45) is 0.756. The van der Waals surface area contributed by atoms with Gasteiger partial charge in [-0.2, -0.15) is 0 Å². The van der Waals surface area contributed by atoms with Crippen molar-refractivity contribution < 1.29 is 19.5 Å². The van der Waals surface area contributed by atoms with Crippen molar-refractivity contribution in [3.63, 3.8) is 0 Å². The van der Waals surface area contributed by atoms with Gasteiger partial charge in [0, 0.05) is 11.9 Å². The molecule has 0 atom stereocenters. The number of benzene rings is 1. The van der Waals surface area contributed by atoms with Crippen LogP contribution in [0.1, 0.15) is 16.8 Å². The molecule has 110 valence electrons. The standard InChI is InChI=1S/C14H14N2O5/c1-20-15-8-3-4-9-10(7-8)16-5-2-6-21-13(16)11(12(9)17)14(18)19/h3-4,7,15H,2,5-6H2,1H3,(H,18,19). The highest BCUT2D eigenvalue weighted by Gasteiger charge is 2.25. The van der Waals surface area contributed by atoms with Crippen LogP contribution in [0, 0.1) is 0 Å². The number of ether oxygens (including phenoxy) is 1. The average Bonchev–Trinajstić information content (AvgIpc) is 2.47. The number of aryl methyl sites for hydroxylation is 1. The van der Waals surface area contributed by atoms with E-state index in [0.717, 1.165) is 6.42 Å². The number of nitrogens with zero attached hydrogens (tertiary/aromatic N) is 1. The number of hydrogen-bond donors (Lipinski definition) is 2. The Morgan fingerprint density at radius 1 is 1.48 bits per heavy atom. The molecule has 0 saturated heterocycles. The minimum atomic E-state index is -1.27. The monoisotopic (exact) mass is 290 g/mol. The van der Waals surface area contributed by atoms with Crippen molar-refractivity contribution in [1.29, 1.82) is 0 Å². The second kappa shape index (κ2) is 5.10. The van der Waals surface area contributed by atoms with Gasteiger partial charge in [-0.3, -0.25) is 15.1 Å². The third-order valence-electron chi connectivity index (χ3n) is 3.42. The average molecular weight is 290 g/mol. The van der Waals surface area contributed by atoms with Crippen LogP contribution in [0.2, 0.25) is 0 Å². The van der Waals surface area contributed by atoms with Crippen LogP contribution in [0.15, 0.2) is 23.0 Å². The Morgan fingerprint density at radius 3 is 3.00 bits per heavy atom. The van der Waals surface area contributed by atoms with Gasteiger partial charge in [0.1, 0.15) is 0 Å². The molecule has 0 bridgehead atoms. The Kier molecular flexibility index (Phi) is 3.26. The Labute approximate surface area is 119 Å². The number of aromatic carboxylic acids is 1. The first-order valence-corrected chi connectivity index (χ1v) is 6.49. The number of aromatic nitrogens is 1. The Balaban J connectivity index is 2.38.